The number of phosphoric acid groups is 2. The van der Waals surface area contributed by atoms with Crippen LogP contribution in [0.2, 0.25) is 0 Å². The number of unbranched alkanes of at least 4 members (excludes halogenated alkanes) is 51. The minimum absolute atomic E-state index is 0.104. The molecule has 3 N–H and O–H groups in total. The Kier molecular flexibility index (Phi) is 70.6. The topological polar surface area (TPSA) is 237 Å². The third-order valence-electron chi connectivity index (χ3n) is 18.5. The number of carbonyl (C=O) groups excluding carboxylic acids is 4. The summed E-state index contributed by atoms with van der Waals surface area (Å²) in [5, 5.41) is 10.6. The van der Waals surface area contributed by atoms with Gasteiger partial charge in [-0.25, -0.2) is 9.13 Å². The molecule has 0 aliphatic heterocycles. The van der Waals surface area contributed by atoms with Gasteiger partial charge in [0, 0.05) is 25.7 Å². The Bertz CT molecular complexity index is 1870. The fourth-order valence-corrected chi connectivity index (χ4v) is 13.8. The second-order valence-corrected chi connectivity index (χ2v) is 31.8. The van der Waals surface area contributed by atoms with Crippen LogP contribution in [-0.2, 0) is 65.4 Å². The van der Waals surface area contributed by atoms with E-state index in [2.05, 4.69) is 34.6 Å². The van der Waals surface area contributed by atoms with Crippen molar-refractivity contribution in [3.05, 3.63) is 0 Å². The molecule has 0 rings (SSSR count). The lowest BCUT2D eigenvalue weighted by molar-refractivity contribution is -0.161. The van der Waals surface area contributed by atoms with E-state index in [-0.39, 0.29) is 25.7 Å². The predicted molar refractivity (Wildman–Crippen MR) is 400 cm³/mol. The van der Waals surface area contributed by atoms with Crippen molar-refractivity contribution in [3.8, 4) is 0 Å². The van der Waals surface area contributed by atoms with Gasteiger partial charge in [-0.1, -0.05) is 369 Å². The molecule has 0 radical (unpaired) electrons. The number of esters is 4. The van der Waals surface area contributed by atoms with Crippen LogP contribution < -0.4 is 0 Å². The van der Waals surface area contributed by atoms with Crippen molar-refractivity contribution < 1.29 is 80.2 Å². The molecular formula is C79H154O17P2. The van der Waals surface area contributed by atoms with Crippen molar-refractivity contribution in [2.24, 2.45) is 5.92 Å². The molecule has 0 heterocycles. The standard InChI is InChI=1S/C79H154O17P2/c1-6-9-12-15-18-21-24-26-28-30-31-32-33-34-35-37-39-41-44-49-54-59-64-78(83)95-74(68-90-77(82)63-58-53-48-43-40-38-36-29-27-25-22-19-16-13-10-7-2)70-93-97(85,86)91-66-73(80)67-92-98(87,88)94-71-75(96-79(84)65-60-55-50-45-46-51-56-61-72(4)5)69-89-76(81)62-57-52-47-42-23-20-17-14-11-8-3/h72-75,80H,6-71H2,1-5H3,(H,85,86)(H,87,88)/t73-,74-,75-/m1/s1. The third-order valence-corrected chi connectivity index (χ3v) is 20.4. The van der Waals surface area contributed by atoms with Gasteiger partial charge in [0.15, 0.2) is 12.2 Å². The van der Waals surface area contributed by atoms with Gasteiger partial charge in [0.05, 0.1) is 26.4 Å². The zero-order chi connectivity index (χ0) is 71.9. The molecule has 0 saturated heterocycles. The molecule has 0 amide bonds. The summed E-state index contributed by atoms with van der Waals surface area (Å²) < 4.78 is 68.6. The summed E-state index contributed by atoms with van der Waals surface area (Å²) in [6.45, 7) is 7.23. The van der Waals surface area contributed by atoms with E-state index in [1.54, 1.807) is 0 Å². The number of carbonyl (C=O) groups is 4. The summed E-state index contributed by atoms with van der Waals surface area (Å²) in [6, 6.07) is 0. The maximum Gasteiger partial charge on any atom is 0.472 e. The quantitative estimate of drug-likeness (QED) is 0.0222. The Labute approximate surface area is 600 Å². The van der Waals surface area contributed by atoms with Crippen LogP contribution in [0.4, 0.5) is 0 Å². The Hall–Kier alpha value is -1.94. The number of ether oxygens (including phenoxy) is 4. The number of aliphatic hydroxyl groups is 1. The lowest BCUT2D eigenvalue weighted by Gasteiger charge is -2.21. The molecule has 0 aromatic rings. The van der Waals surface area contributed by atoms with E-state index in [4.69, 9.17) is 37.0 Å². The van der Waals surface area contributed by atoms with E-state index in [1.165, 1.54) is 244 Å². The van der Waals surface area contributed by atoms with Crippen LogP contribution in [0.25, 0.3) is 0 Å². The van der Waals surface area contributed by atoms with Crippen molar-refractivity contribution in [2.75, 3.05) is 39.6 Å². The Morgan fingerprint density at radius 3 is 0.694 bits per heavy atom. The van der Waals surface area contributed by atoms with Gasteiger partial charge in [-0.05, 0) is 31.6 Å². The number of hydrogen-bond donors (Lipinski definition) is 3. The van der Waals surface area contributed by atoms with Crippen LogP contribution in [0.3, 0.4) is 0 Å². The third kappa shape index (κ3) is 72.4. The van der Waals surface area contributed by atoms with Gasteiger partial charge in [-0.3, -0.25) is 37.3 Å². The van der Waals surface area contributed by atoms with Crippen molar-refractivity contribution in [3.63, 3.8) is 0 Å². The first-order valence-electron chi connectivity index (χ1n) is 41.1. The van der Waals surface area contributed by atoms with Gasteiger partial charge >= 0.3 is 39.5 Å². The smallest absolute Gasteiger partial charge is 0.462 e. The molecule has 17 nitrogen and oxygen atoms in total. The first-order valence-corrected chi connectivity index (χ1v) is 44.1. The molecule has 0 saturated carbocycles. The lowest BCUT2D eigenvalue weighted by atomic mass is 10.0. The first-order chi connectivity index (χ1) is 47.5. The minimum Gasteiger partial charge on any atom is -0.462 e. The summed E-state index contributed by atoms with van der Waals surface area (Å²) in [5.74, 6) is -1.42. The molecule has 0 aromatic carbocycles. The molecule has 0 aromatic heterocycles. The summed E-state index contributed by atoms with van der Waals surface area (Å²) in [4.78, 5) is 72.8. The van der Waals surface area contributed by atoms with Crippen molar-refractivity contribution in [1.82, 2.24) is 0 Å². The molecule has 582 valence electrons. The highest BCUT2D eigenvalue weighted by atomic mass is 31.2. The van der Waals surface area contributed by atoms with Crippen LogP contribution in [0.1, 0.15) is 420 Å². The fourth-order valence-electron chi connectivity index (χ4n) is 12.2. The van der Waals surface area contributed by atoms with Gasteiger partial charge in [-0.2, -0.15) is 0 Å². The molecule has 0 aliphatic carbocycles. The average molecular weight is 1440 g/mol. The summed E-state index contributed by atoms with van der Waals surface area (Å²) in [5.41, 5.74) is 0. The van der Waals surface area contributed by atoms with Gasteiger partial charge in [0.2, 0.25) is 0 Å². The van der Waals surface area contributed by atoms with Crippen LogP contribution in [0.5, 0.6) is 0 Å². The maximum atomic E-state index is 13.1. The first kappa shape index (κ1) is 96.1. The van der Waals surface area contributed by atoms with Crippen LogP contribution in [0, 0.1) is 5.92 Å². The van der Waals surface area contributed by atoms with E-state index in [0.717, 1.165) is 89.9 Å². The van der Waals surface area contributed by atoms with Gasteiger partial charge in [-0.15, -0.1) is 0 Å². The van der Waals surface area contributed by atoms with Crippen LogP contribution in [-0.4, -0.2) is 96.7 Å². The summed E-state index contributed by atoms with van der Waals surface area (Å²) >= 11 is 0. The molecule has 5 atom stereocenters. The average Bonchev–Trinajstić information content (AvgIpc) is 0.981. The predicted octanol–water partition coefficient (Wildman–Crippen LogP) is 23.6. The molecule has 19 heteroatoms. The maximum absolute atomic E-state index is 13.1. The van der Waals surface area contributed by atoms with E-state index in [9.17, 15) is 43.2 Å². The zero-order valence-electron chi connectivity index (χ0n) is 63.9. The minimum atomic E-state index is -4.96. The molecular weight excluding hydrogens is 1280 g/mol. The molecule has 0 bridgehead atoms. The fraction of sp³-hybridized carbons (Fsp3) is 0.949. The number of rotatable bonds is 79. The van der Waals surface area contributed by atoms with Gasteiger partial charge < -0.3 is 33.8 Å². The molecule has 2 unspecified atom stereocenters. The SMILES string of the molecule is CCCCCCCCCCCCCCCCCCCCCCCCC(=O)O[C@H](COC(=O)CCCCCCCCCCCCCCCCCC)COP(=O)(O)OC[C@@H](O)COP(=O)(O)OC[C@@H](COC(=O)CCCCCCCCCCCC)OC(=O)CCCCCCCCCC(C)C. The van der Waals surface area contributed by atoms with E-state index >= 15 is 0 Å². The van der Waals surface area contributed by atoms with Gasteiger partial charge in [0.1, 0.15) is 19.3 Å². The van der Waals surface area contributed by atoms with Crippen LogP contribution in [0.15, 0.2) is 0 Å². The molecule has 98 heavy (non-hydrogen) atoms. The monoisotopic (exact) mass is 1440 g/mol. The Morgan fingerprint density at radius 1 is 0.276 bits per heavy atom. The Balaban J connectivity index is 5.18. The summed E-state index contributed by atoms with van der Waals surface area (Å²) in [6.07, 6.45) is 62.7. The summed E-state index contributed by atoms with van der Waals surface area (Å²) in [7, 11) is -9.91. The Morgan fingerprint density at radius 2 is 0.469 bits per heavy atom. The number of aliphatic hydroxyl groups excluding tert-OH is 1. The highest BCUT2D eigenvalue weighted by Crippen LogP contribution is 2.45. The van der Waals surface area contributed by atoms with Crippen molar-refractivity contribution in [1.29, 1.82) is 0 Å². The molecule has 0 spiro atoms. The van der Waals surface area contributed by atoms with E-state index in [0.29, 0.717) is 31.6 Å². The number of phosphoric ester groups is 2. The van der Waals surface area contributed by atoms with E-state index < -0.39 is 97.5 Å². The van der Waals surface area contributed by atoms with Crippen molar-refractivity contribution in [2.45, 2.75) is 438 Å². The molecule has 0 fully saturated rings. The van der Waals surface area contributed by atoms with Gasteiger partial charge in [0.25, 0.3) is 0 Å². The second-order valence-electron chi connectivity index (χ2n) is 28.9. The van der Waals surface area contributed by atoms with Crippen molar-refractivity contribution >= 4 is 39.5 Å². The highest BCUT2D eigenvalue weighted by molar-refractivity contribution is 7.47. The molecule has 0 aliphatic rings. The highest BCUT2D eigenvalue weighted by Gasteiger charge is 2.30. The largest absolute Gasteiger partial charge is 0.472 e. The zero-order valence-corrected chi connectivity index (χ0v) is 65.7. The normalized spacial score (nSPS) is 13.9. The second kappa shape index (κ2) is 72.0. The lowest BCUT2D eigenvalue weighted by Crippen LogP contribution is -2.30. The number of hydrogen-bond acceptors (Lipinski definition) is 15. The van der Waals surface area contributed by atoms with Crippen LogP contribution >= 0.6 is 15.6 Å². The van der Waals surface area contributed by atoms with E-state index in [1.807, 2.05) is 0 Å².